The fourth-order valence-corrected chi connectivity index (χ4v) is 3.81. The Morgan fingerprint density at radius 3 is 2.57 bits per heavy atom. The number of hydrogen-bond acceptors (Lipinski definition) is 3. The van der Waals surface area contributed by atoms with Gasteiger partial charge in [0.15, 0.2) is 0 Å². The Balaban J connectivity index is 1.52. The first kappa shape index (κ1) is 20.8. The van der Waals surface area contributed by atoms with E-state index in [1.807, 2.05) is 12.4 Å². The number of aromatic nitrogens is 2. The molecule has 1 saturated heterocycles. The zero-order valence-electron chi connectivity index (χ0n) is 16.5. The highest BCUT2D eigenvalue weighted by Crippen LogP contribution is 2.30. The van der Waals surface area contributed by atoms with E-state index in [0.717, 1.165) is 61.9 Å². The minimum Gasteiger partial charge on any atom is -0.299 e. The van der Waals surface area contributed by atoms with Crippen molar-refractivity contribution < 1.29 is 13.2 Å². The van der Waals surface area contributed by atoms with E-state index in [0.29, 0.717) is 18.3 Å². The van der Waals surface area contributed by atoms with Gasteiger partial charge in [0.05, 0.1) is 5.56 Å². The lowest BCUT2D eigenvalue weighted by molar-refractivity contribution is -0.137. The number of hydrogen-bond donors (Lipinski definition) is 0. The van der Waals surface area contributed by atoms with Crippen LogP contribution >= 0.6 is 0 Å². The first-order valence-corrected chi connectivity index (χ1v) is 10.0. The number of alkyl halides is 3. The van der Waals surface area contributed by atoms with Gasteiger partial charge in [0.25, 0.3) is 0 Å². The Kier molecular flexibility index (Phi) is 6.70. The number of halogens is 3. The van der Waals surface area contributed by atoms with Gasteiger partial charge in [-0.2, -0.15) is 13.2 Å². The molecule has 0 saturated carbocycles. The van der Waals surface area contributed by atoms with Gasteiger partial charge in [-0.3, -0.25) is 4.90 Å². The molecule has 3 rings (SSSR count). The second kappa shape index (κ2) is 9.03. The van der Waals surface area contributed by atoms with Gasteiger partial charge in [-0.25, -0.2) is 9.97 Å². The molecule has 1 aromatic carbocycles. The first-order chi connectivity index (χ1) is 13.3. The van der Waals surface area contributed by atoms with Crippen LogP contribution in [0.15, 0.2) is 36.7 Å². The van der Waals surface area contributed by atoms with E-state index in [1.54, 1.807) is 6.07 Å². The zero-order chi connectivity index (χ0) is 20.1. The molecule has 2 aromatic rings. The third kappa shape index (κ3) is 5.77. The molecule has 1 atom stereocenters. The average Bonchev–Trinajstić information content (AvgIpc) is 2.67. The van der Waals surface area contributed by atoms with Gasteiger partial charge in [0.1, 0.15) is 5.82 Å². The van der Waals surface area contributed by atoms with Crippen molar-refractivity contribution in [3.8, 4) is 0 Å². The Labute approximate surface area is 165 Å². The predicted octanol–water partition coefficient (Wildman–Crippen LogP) is 5.46. The van der Waals surface area contributed by atoms with Crippen LogP contribution in [0.3, 0.4) is 0 Å². The van der Waals surface area contributed by atoms with Crippen LogP contribution < -0.4 is 0 Å². The fourth-order valence-electron chi connectivity index (χ4n) is 3.81. The van der Waals surface area contributed by atoms with Gasteiger partial charge in [-0.1, -0.05) is 32.0 Å². The molecule has 1 aliphatic rings. The maximum atomic E-state index is 12.9. The summed E-state index contributed by atoms with van der Waals surface area (Å²) in [5, 5.41) is 0. The average molecular weight is 391 g/mol. The summed E-state index contributed by atoms with van der Waals surface area (Å²) >= 11 is 0. The van der Waals surface area contributed by atoms with Gasteiger partial charge in [0.2, 0.25) is 0 Å². The SMILES string of the molecule is CC(C)c1ncc(CN2CCC[C@H](CCc3cccc(C(F)(F)F)c3)C2)cn1. The van der Waals surface area contributed by atoms with Crippen LogP contribution in [0.25, 0.3) is 0 Å². The van der Waals surface area contributed by atoms with Crippen LogP contribution in [-0.4, -0.2) is 28.0 Å². The van der Waals surface area contributed by atoms with Crippen LogP contribution in [-0.2, 0) is 19.1 Å². The number of rotatable bonds is 6. The molecule has 28 heavy (non-hydrogen) atoms. The van der Waals surface area contributed by atoms with E-state index in [-0.39, 0.29) is 0 Å². The Morgan fingerprint density at radius 1 is 1.14 bits per heavy atom. The molecule has 0 bridgehead atoms. The Hall–Kier alpha value is -1.95. The van der Waals surface area contributed by atoms with Crippen molar-refractivity contribution in [2.24, 2.45) is 5.92 Å². The Morgan fingerprint density at radius 2 is 1.89 bits per heavy atom. The van der Waals surface area contributed by atoms with E-state index in [9.17, 15) is 13.2 Å². The first-order valence-electron chi connectivity index (χ1n) is 10.0. The highest BCUT2D eigenvalue weighted by molar-refractivity contribution is 5.25. The topological polar surface area (TPSA) is 29.0 Å². The molecule has 1 fully saturated rings. The van der Waals surface area contributed by atoms with E-state index >= 15 is 0 Å². The van der Waals surface area contributed by atoms with Gasteiger partial charge in [-0.05, 0) is 49.8 Å². The molecule has 0 unspecified atom stereocenters. The minimum absolute atomic E-state index is 0.323. The summed E-state index contributed by atoms with van der Waals surface area (Å²) in [5.74, 6) is 1.70. The summed E-state index contributed by atoms with van der Waals surface area (Å²) in [7, 11) is 0. The maximum Gasteiger partial charge on any atom is 0.416 e. The molecule has 152 valence electrons. The summed E-state index contributed by atoms with van der Waals surface area (Å²) in [6, 6.07) is 5.72. The molecule has 0 spiro atoms. The Bertz CT molecular complexity index is 756. The van der Waals surface area contributed by atoms with Crippen LogP contribution in [0.5, 0.6) is 0 Å². The summed E-state index contributed by atoms with van der Waals surface area (Å²) in [5.41, 5.74) is 1.33. The molecular formula is C22H28F3N3. The number of benzene rings is 1. The number of likely N-dealkylation sites (tertiary alicyclic amines) is 1. The molecule has 1 aliphatic heterocycles. The van der Waals surface area contributed by atoms with E-state index in [1.165, 1.54) is 12.1 Å². The number of piperidine rings is 1. The van der Waals surface area contributed by atoms with Crippen LogP contribution in [0.2, 0.25) is 0 Å². The molecule has 3 nitrogen and oxygen atoms in total. The lowest BCUT2D eigenvalue weighted by Gasteiger charge is -2.32. The third-order valence-corrected chi connectivity index (χ3v) is 5.35. The molecule has 1 aromatic heterocycles. The molecule has 0 radical (unpaired) electrons. The number of nitrogens with zero attached hydrogens (tertiary/aromatic N) is 3. The summed E-state index contributed by atoms with van der Waals surface area (Å²) in [6.07, 6.45) is 3.42. The predicted molar refractivity (Wildman–Crippen MR) is 104 cm³/mol. The quantitative estimate of drug-likeness (QED) is 0.654. The van der Waals surface area contributed by atoms with Crippen molar-refractivity contribution in [3.63, 3.8) is 0 Å². The van der Waals surface area contributed by atoms with Gasteiger partial charge < -0.3 is 0 Å². The van der Waals surface area contributed by atoms with Crippen molar-refractivity contribution in [1.82, 2.24) is 14.9 Å². The van der Waals surface area contributed by atoms with Gasteiger partial charge >= 0.3 is 6.18 Å². The number of aryl methyl sites for hydroxylation is 1. The van der Waals surface area contributed by atoms with Crippen molar-refractivity contribution in [2.45, 2.75) is 58.2 Å². The molecule has 6 heteroatoms. The van der Waals surface area contributed by atoms with E-state index in [2.05, 4.69) is 28.7 Å². The summed E-state index contributed by atoms with van der Waals surface area (Å²) in [4.78, 5) is 11.3. The molecule has 0 aliphatic carbocycles. The van der Waals surface area contributed by atoms with E-state index in [4.69, 9.17) is 0 Å². The lowest BCUT2D eigenvalue weighted by atomic mass is 9.91. The zero-order valence-corrected chi connectivity index (χ0v) is 16.5. The standard InChI is InChI=1S/C22H28F3N3/c1-16(2)21-26-12-19(13-27-21)15-28-10-4-6-18(14-28)9-8-17-5-3-7-20(11-17)22(23,24)25/h3,5,7,11-13,16,18H,4,6,8-10,14-15H2,1-2H3/t18-/m1/s1. The highest BCUT2D eigenvalue weighted by Gasteiger charge is 2.30. The van der Waals surface area contributed by atoms with Gasteiger partial charge in [0, 0.05) is 37.0 Å². The smallest absolute Gasteiger partial charge is 0.299 e. The molecular weight excluding hydrogens is 363 g/mol. The van der Waals surface area contributed by atoms with Crippen molar-refractivity contribution in [2.75, 3.05) is 13.1 Å². The maximum absolute atomic E-state index is 12.9. The van der Waals surface area contributed by atoms with Crippen molar-refractivity contribution in [1.29, 1.82) is 0 Å². The van der Waals surface area contributed by atoms with Gasteiger partial charge in [-0.15, -0.1) is 0 Å². The molecule has 2 heterocycles. The summed E-state index contributed by atoms with van der Waals surface area (Å²) < 4.78 is 38.6. The second-order valence-electron chi connectivity index (χ2n) is 8.08. The monoisotopic (exact) mass is 391 g/mol. The van der Waals surface area contributed by atoms with Crippen molar-refractivity contribution >= 4 is 0 Å². The largest absolute Gasteiger partial charge is 0.416 e. The molecule has 0 amide bonds. The molecule has 0 N–H and O–H groups in total. The van der Waals surface area contributed by atoms with Crippen LogP contribution in [0, 0.1) is 5.92 Å². The minimum atomic E-state index is -4.27. The normalized spacial score (nSPS) is 18.6. The fraction of sp³-hybridized carbons (Fsp3) is 0.545. The third-order valence-electron chi connectivity index (χ3n) is 5.35. The highest BCUT2D eigenvalue weighted by atomic mass is 19.4. The van der Waals surface area contributed by atoms with Crippen LogP contribution in [0.1, 0.15) is 61.5 Å². The van der Waals surface area contributed by atoms with Crippen molar-refractivity contribution in [3.05, 3.63) is 59.2 Å². The van der Waals surface area contributed by atoms with Crippen LogP contribution in [0.4, 0.5) is 13.2 Å². The second-order valence-corrected chi connectivity index (χ2v) is 8.08. The van der Waals surface area contributed by atoms with E-state index < -0.39 is 11.7 Å². The summed E-state index contributed by atoms with van der Waals surface area (Å²) in [6.45, 7) is 7.01. The lowest BCUT2D eigenvalue weighted by Crippen LogP contribution is -2.35.